The molecular weight excluding hydrogens is 460 g/mol. The molecule has 1 rings (SSSR count). The van der Waals surface area contributed by atoms with Gasteiger partial charge in [0.05, 0.1) is 17.0 Å². The van der Waals surface area contributed by atoms with Gasteiger partial charge in [-0.15, -0.1) is 0 Å². The largest absolute Gasteiger partial charge is 0.754 e. The van der Waals surface area contributed by atoms with Gasteiger partial charge in [0.25, 0.3) is 0 Å². The zero-order valence-electron chi connectivity index (χ0n) is 12.7. The van der Waals surface area contributed by atoms with Crippen LogP contribution in [0.15, 0.2) is 28.7 Å². The molecule has 0 saturated heterocycles. The fourth-order valence-electron chi connectivity index (χ4n) is 1.87. The molecule has 1 unspecified atom stereocenters. The van der Waals surface area contributed by atoms with Crippen LogP contribution in [0.5, 0.6) is 0 Å². The Balaban J connectivity index is 3.13. The number of carbonyl (C=O) groups excluding carboxylic acids is 1. The van der Waals surface area contributed by atoms with E-state index in [0.717, 1.165) is 17.4 Å². The highest BCUT2D eigenvalue weighted by molar-refractivity contribution is 9.10. The van der Waals surface area contributed by atoms with Gasteiger partial charge in [-0.3, -0.25) is 4.21 Å². The normalized spacial score (nSPS) is 13.9. The standard InChI is InChI=1S/C12H12BrF6N3O3S/c1-2-10(11(14,15)16,12(17,18)19)20-9(23)21-22(26(24)25)8-5-3-7(13)4-6-8/h3-6H,2H2,1H3,(H,24,25)(H2,20,21,23)/p-1. The first-order valence-electron chi connectivity index (χ1n) is 6.62. The Morgan fingerprint density at radius 3 is 1.96 bits per heavy atom. The van der Waals surface area contributed by atoms with Gasteiger partial charge < -0.3 is 9.87 Å². The zero-order chi connectivity index (χ0) is 20.3. The van der Waals surface area contributed by atoms with Crippen molar-refractivity contribution in [1.82, 2.24) is 10.7 Å². The minimum atomic E-state index is -5.86. The summed E-state index contributed by atoms with van der Waals surface area (Å²) in [6, 6.07) is 2.99. The van der Waals surface area contributed by atoms with Crippen LogP contribution < -0.4 is 15.2 Å². The molecule has 2 N–H and O–H groups in total. The lowest BCUT2D eigenvalue weighted by Gasteiger charge is -2.37. The molecule has 1 atom stereocenters. The highest BCUT2D eigenvalue weighted by Gasteiger charge is 2.70. The number of hydrazine groups is 1. The van der Waals surface area contributed by atoms with Gasteiger partial charge in [-0.05, 0) is 30.7 Å². The third-order valence-corrected chi connectivity index (χ3v) is 4.37. The first-order valence-corrected chi connectivity index (χ1v) is 8.45. The average molecular weight is 471 g/mol. The average Bonchev–Trinajstić information content (AvgIpc) is 2.48. The minimum Gasteiger partial charge on any atom is -0.754 e. The second-order valence-corrected chi connectivity index (χ2v) is 6.52. The van der Waals surface area contributed by atoms with E-state index in [1.165, 1.54) is 17.6 Å². The smallest absolute Gasteiger partial charge is 0.420 e. The number of alkyl halides is 6. The molecule has 1 aromatic rings. The van der Waals surface area contributed by atoms with Crippen LogP contribution in [0.25, 0.3) is 0 Å². The van der Waals surface area contributed by atoms with Crippen molar-refractivity contribution >= 4 is 38.9 Å². The van der Waals surface area contributed by atoms with Crippen molar-refractivity contribution in [3.8, 4) is 0 Å². The van der Waals surface area contributed by atoms with Crippen LogP contribution in [0.2, 0.25) is 0 Å². The zero-order valence-corrected chi connectivity index (χ0v) is 15.1. The maximum Gasteiger partial charge on any atom is 0.420 e. The van der Waals surface area contributed by atoms with Crippen LogP contribution in [0.3, 0.4) is 0 Å². The number of hydrogen-bond acceptors (Lipinski definition) is 3. The summed E-state index contributed by atoms with van der Waals surface area (Å²) in [5.41, 5.74) is -3.32. The molecule has 0 aliphatic heterocycles. The van der Waals surface area contributed by atoms with Crippen LogP contribution in [0.1, 0.15) is 13.3 Å². The first-order chi connectivity index (χ1) is 11.7. The van der Waals surface area contributed by atoms with Gasteiger partial charge in [0.1, 0.15) is 0 Å². The van der Waals surface area contributed by atoms with Gasteiger partial charge in [0, 0.05) is 4.47 Å². The van der Waals surface area contributed by atoms with Gasteiger partial charge in [-0.1, -0.05) is 22.9 Å². The van der Waals surface area contributed by atoms with E-state index in [4.69, 9.17) is 0 Å². The molecule has 6 nitrogen and oxygen atoms in total. The van der Waals surface area contributed by atoms with Gasteiger partial charge in [0.15, 0.2) is 0 Å². The molecule has 0 radical (unpaired) electrons. The molecule has 2 amide bonds. The monoisotopic (exact) mass is 470 g/mol. The number of rotatable bonds is 5. The molecule has 148 valence electrons. The van der Waals surface area contributed by atoms with E-state index >= 15 is 0 Å². The van der Waals surface area contributed by atoms with Crippen molar-refractivity contribution in [2.75, 3.05) is 4.41 Å². The molecule has 0 heterocycles. The predicted molar refractivity (Wildman–Crippen MR) is 82.3 cm³/mol. The number of hydrogen-bond donors (Lipinski definition) is 2. The van der Waals surface area contributed by atoms with E-state index in [9.17, 15) is 39.9 Å². The van der Waals surface area contributed by atoms with Gasteiger partial charge in [-0.2, -0.15) is 26.3 Å². The Bertz CT molecular complexity index is 654. The number of anilines is 1. The van der Waals surface area contributed by atoms with Crippen molar-refractivity contribution < 1.29 is 39.9 Å². The van der Waals surface area contributed by atoms with E-state index < -0.39 is 41.6 Å². The summed E-state index contributed by atoms with van der Waals surface area (Å²) in [6.07, 6.45) is -13.3. The highest BCUT2D eigenvalue weighted by atomic mass is 79.9. The summed E-state index contributed by atoms with van der Waals surface area (Å²) in [5, 5.41) is 0.802. The van der Waals surface area contributed by atoms with Crippen molar-refractivity contribution in [2.45, 2.75) is 31.2 Å². The minimum absolute atomic E-state index is 0.0783. The second-order valence-electron chi connectivity index (χ2n) is 4.81. The first kappa shape index (κ1) is 22.5. The van der Waals surface area contributed by atoms with E-state index in [1.807, 2.05) is 0 Å². The Morgan fingerprint density at radius 2 is 1.62 bits per heavy atom. The van der Waals surface area contributed by atoms with Gasteiger partial charge >= 0.3 is 18.4 Å². The summed E-state index contributed by atoms with van der Waals surface area (Å²) in [4.78, 5) is 11.7. The predicted octanol–water partition coefficient (Wildman–Crippen LogP) is 3.54. The van der Waals surface area contributed by atoms with E-state index in [0.29, 0.717) is 11.4 Å². The third kappa shape index (κ3) is 4.79. The maximum absolute atomic E-state index is 13.0. The Morgan fingerprint density at radius 1 is 1.15 bits per heavy atom. The molecule has 0 bridgehead atoms. The summed E-state index contributed by atoms with van der Waals surface area (Å²) in [7, 11) is 0. The van der Waals surface area contributed by atoms with E-state index in [-0.39, 0.29) is 10.1 Å². The SMILES string of the molecule is CCC(NC(=O)NN(c1ccc(Br)cc1)S(=O)[O-])(C(F)(F)F)C(F)(F)F. The third-order valence-electron chi connectivity index (χ3n) is 3.24. The molecule has 0 aliphatic carbocycles. The second kappa shape index (κ2) is 8.00. The topological polar surface area (TPSA) is 84.5 Å². The lowest BCUT2D eigenvalue weighted by atomic mass is 9.94. The number of nitrogens with zero attached hydrogens (tertiary/aromatic N) is 1. The quantitative estimate of drug-likeness (QED) is 0.392. The summed E-state index contributed by atoms with van der Waals surface area (Å²) in [5.74, 6) is 0. The van der Waals surface area contributed by atoms with Crippen LogP contribution >= 0.6 is 15.9 Å². The number of halogens is 7. The summed E-state index contributed by atoms with van der Waals surface area (Å²) in [6.45, 7) is 0.583. The molecule has 0 aromatic heterocycles. The maximum atomic E-state index is 13.0. The molecule has 0 fully saturated rings. The fourth-order valence-corrected chi connectivity index (χ4v) is 2.59. The van der Waals surface area contributed by atoms with Crippen LogP contribution in [-0.2, 0) is 11.3 Å². The number of urea groups is 1. The summed E-state index contributed by atoms with van der Waals surface area (Å²) >= 11 is -0.168. The Hall–Kier alpha value is -1.54. The van der Waals surface area contributed by atoms with Crippen LogP contribution in [0.4, 0.5) is 36.8 Å². The van der Waals surface area contributed by atoms with Gasteiger partial charge in [-0.25, -0.2) is 14.6 Å². The Labute approximate surface area is 154 Å². The van der Waals surface area contributed by atoms with E-state index in [1.54, 1.807) is 0 Å². The number of nitrogens with one attached hydrogen (secondary N) is 2. The summed E-state index contributed by atoms with van der Waals surface area (Å²) < 4.78 is 101. The number of benzene rings is 1. The van der Waals surface area contributed by atoms with Crippen molar-refractivity contribution in [3.63, 3.8) is 0 Å². The lowest BCUT2D eigenvalue weighted by molar-refractivity contribution is -0.304. The van der Waals surface area contributed by atoms with E-state index in [2.05, 4.69) is 15.9 Å². The molecule has 26 heavy (non-hydrogen) atoms. The molecule has 0 saturated carbocycles. The van der Waals surface area contributed by atoms with Crippen molar-refractivity contribution in [3.05, 3.63) is 28.7 Å². The molecule has 14 heteroatoms. The molecule has 0 spiro atoms. The van der Waals surface area contributed by atoms with Crippen molar-refractivity contribution in [2.24, 2.45) is 0 Å². The molecule has 1 aromatic carbocycles. The number of amides is 2. The highest BCUT2D eigenvalue weighted by Crippen LogP contribution is 2.45. The van der Waals surface area contributed by atoms with Crippen molar-refractivity contribution in [1.29, 1.82) is 0 Å². The lowest BCUT2D eigenvalue weighted by Crippen LogP contribution is -2.69. The molecule has 0 aliphatic rings. The van der Waals surface area contributed by atoms with Crippen LogP contribution in [-0.4, -0.2) is 32.7 Å². The van der Waals surface area contributed by atoms with Crippen LogP contribution in [0, 0.1) is 0 Å². The molecular formula is C12H11BrF6N3O3S-. The number of carbonyl (C=O) groups is 1. The fraction of sp³-hybridized carbons (Fsp3) is 0.417. The van der Waals surface area contributed by atoms with Gasteiger partial charge in [0.2, 0.25) is 5.54 Å². The Kier molecular flexibility index (Phi) is 6.92.